The van der Waals surface area contributed by atoms with Crippen LogP contribution in [0.25, 0.3) is 11.0 Å². The molecule has 4 aromatic rings. The van der Waals surface area contributed by atoms with E-state index in [1.165, 1.54) is 0 Å². The molecule has 40 heavy (non-hydrogen) atoms. The van der Waals surface area contributed by atoms with Crippen molar-refractivity contribution >= 4 is 34.3 Å². The first-order valence-corrected chi connectivity index (χ1v) is 13.5. The smallest absolute Gasteiger partial charge is 0.271 e. The van der Waals surface area contributed by atoms with E-state index < -0.39 is 0 Å². The highest BCUT2D eigenvalue weighted by atomic mass is 16.5. The van der Waals surface area contributed by atoms with Crippen LogP contribution in [0.3, 0.4) is 0 Å². The van der Waals surface area contributed by atoms with E-state index in [0.29, 0.717) is 23.9 Å². The van der Waals surface area contributed by atoms with Gasteiger partial charge < -0.3 is 30.2 Å². The standard InChI is InChI=1S/C29H37N9O2/c1-36(2)22-6-4-21(5-7-22)34-29-35-25-18-23(8-9-27(25)37(29)3)40-24-10-11-32-26(19-24)28(39)33-20-31-14-17-38-15-12-30-13-16-38/h4-11,18-19,30-31H,12-17,20H2,1-3H3,(H,33,39)(H,34,35). The van der Waals surface area contributed by atoms with E-state index in [0.717, 1.165) is 67.6 Å². The molecule has 1 amide bonds. The van der Waals surface area contributed by atoms with E-state index in [4.69, 9.17) is 9.72 Å². The van der Waals surface area contributed by atoms with E-state index >= 15 is 0 Å². The number of hydrogen-bond acceptors (Lipinski definition) is 9. The highest BCUT2D eigenvalue weighted by molar-refractivity contribution is 5.92. The van der Waals surface area contributed by atoms with Crippen molar-refractivity contribution in [2.45, 2.75) is 0 Å². The van der Waals surface area contributed by atoms with Gasteiger partial charge in [-0.2, -0.15) is 0 Å². The average molecular weight is 544 g/mol. The third kappa shape index (κ3) is 6.87. The van der Waals surface area contributed by atoms with Gasteiger partial charge >= 0.3 is 0 Å². The number of nitrogens with one attached hydrogen (secondary N) is 4. The Morgan fingerprint density at radius 3 is 2.60 bits per heavy atom. The maximum Gasteiger partial charge on any atom is 0.271 e. The lowest BCUT2D eigenvalue weighted by atomic mass is 10.2. The maximum atomic E-state index is 12.6. The first kappa shape index (κ1) is 27.4. The molecular weight excluding hydrogens is 506 g/mol. The zero-order chi connectivity index (χ0) is 27.9. The Morgan fingerprint density at radius 2 is 1.82 bits per heavy atom. The topological polar surface area (TPSA) is 112 Å². The van der Waals surface area contributed by atoms with Crippen LogP contribution in [0, 0.1) is 0 Å². The SMILES string of the molecule is CN(C)c1ccc(Nc2nc3cc(Oc4ccnc(C(=O)NCNCCN5CCNCC5)c4)ccc3n2C)cc1. The van der Waals surface area contributed by atoms with Gasteiger partial charge in [0.2, 0.25) is 5.95 Å². The monoisotopic (exact) mass is 543 g/mol. The number of carbonyl (C=O) groups is 1. The maximum absolute atomic E-state index is 12.6. The van der Waals surface area contributed by atoms with Crippen LogP contribution in [0.15, 0.2) is 60.8 Å². The summed E-state index contributed by atoms with van der Waals surface area (Å²) < 4.78 is 8.08. The van der Waals surface area contributed by atoms with Gasteiger partial charge in [0.05, 0.1) is 17.7 Å². The number of rotatable bonds is 11. The molecule has 1 saturated heterocycles. The van der Waals surface area contributed by atoms with E-state index in [1.54, 1.807) is 18.3 Å². The molecule has 11 heteroatoms. The first-order chi connectivity index (χ1) is 19.5. The number of carbonyl (C=O) groups excluding carboxylic acids is 1. The third-order valence-corrected chi connectivity index (χ3v) is 6.88. The molecule has 0 aliphatic carbocycles. The molecule has 1 fully saturated rings. The molecule has 0 saturated carbocycles. The van der Waals surface area contributed by atoms with Crippen molar-refractivity contribution in [1.82, 2.24) is 35.4 Å². The molecule has 4 N–H and O–H groups in total. The summed E-state index contributed by atoms with van der Waals surface area (Å²) in [7, 11) is 6.01. The Hall–Kier alpha value is -4.19. The number of imidazole rings is 1. The lowest BCUT2D eigenvalue weighted by Crippen LogP contribution is -2.46. The van der Waals surface area contributed by atoms with Crippen LogP contribution >= 0.6 is 0 Å². The van der Waals surface area contributed by atoms with E-state index in [2.05, 4.69) is 48.2 Å². The minimum atomic E-state index is -0.255. The van der Waals surface area contributed by atoms with Crippen molar-refractivity contribution in [2.75, 3.05) is 70.2 Å². The highest BCUT2D eigenvalue weighted by Crippen LogP contribution is 2.28. The average Bonchev–Trinajstić information content (AvgIpc) is 3.27. The minimum absolute atomic E-state index is 0.255. The van der Waals surface area contributed by atoms with Gasteiger partial charge in [-0.15, -0.1) is 0 Å². The largest absolute Gasteiger partial charge is 0.457 e. The summed E-state index contributed by atoms with van der Waals surface area (Å²) in [6.45, 7) is 6.32. The Labute approximate surface area is 234 Å². The molecule has 2 aromatic carbocycles. The molecule has 0 unspecified atom stereocenters. The Morgan fingerprint density at radius 1 is 1.05 bits per heavy atom. The Kier molecular flexibility index (Phi) is 8.74. The fourth-order valence-corrected chi connectivity index (χ4v) is 4.56. The van der Waals surface area contributed by atoms with Gasteiger partial charge in [-0.05, 0) is 42.5 Å². The fraction of sp³-hybridized carbons (Fsp3) is 0.345. The van der Waals surface area contributed by atoms with Crippen molar-refractivity contribution in [3.8, 4) is 11.5 Å². The second-order valence-corrected chi connectivity index (χ2v) is 9.96. The second kappa shape index (κ2) is 12.8. The summed E-state index contributed by atoms with van der Waals surface area (Å²) in [5, 5.41) is 12.9. The molecule has 3 heterocycles. The van der Waals surface area contributed by atoms with E-state index in [-0.39, 0.29) is 5.91 Å². The molecule has 1 aliphatic heterocycles. The van der Waals surface area contributed by atoms with Crippen LogP contribution < -0.4 is 30.9 Å². The van der Waals surface area contributed by atoms with Gasteiger partial charge in [0, 0.05) is 90.1 Å². The molecule has 2 aromatic heterocycles. The number of amides is 1. The second-order valence-electron chi connectivity index (χ2n) is 9.96. The summed E-state index contributed by atoms with van der Waals surface area (Å²) in [6.07, 6.45) is 1.57. The summed E-state index contributed by atoms with van der Waals surface area (Å²) in [6, 6.07) is 17.3. The van der Waals surface area contributed by atoms with Gasteiger partial charge in [0.15, 0.2) is 0 Å². The highest BCUT2D eigenvalue weighted by Gasteiger charge is 2.12. The zero-order valence-electron chi connectivity index (χ0n) is 23.3. The molecule has 5 rings (SSSR count). The molecule has 0 atom stereocenters. The summed E-state index contributed by atoms with van der Waals surface area (Å²) in [4.78, 5) is 26.1. The van der Waals surface area contributed by atoms with Gasteiger partial charge in [0.25, 0.3) is 5.91 Å². The van der Waals surface area contributed by atoms with Crippen molar-refractivity contribution in [2.24, 2.45) is 7.05 Å². The number of anilines is 3. The van der Waals surface area contributed by atoms with Crippen LogP contribution in [0.2, 0.25) is 0 Å². The van der Waals surface area contributed by atoms with E-state index in [1.807, 2.05) is 56.0 Å². The van der Waals surface area contributed by atoms with Gasteiger partial charge in [-0.1, -0.05) is 0 Å². The number of ether oxygens (including phenoxy) is 1. The van der Waals surface area contributed by atoms with Crippen LogP contribution in [0.4, 0.5) is 17.3 Å². The summed E-state index contributed by atoms with van der Waals surface area (Å²) in [5.74, 6) is 1.63. The molecule has 1 aliphatic rings. The van der Waals surface area contributed by atoms with Gasteiger partial charge in [0.1, 0.15) is 17.2 Å². The molecular formula is C29H37N9O2. The third-order valence-electron chi connectivity index (χ3n) is 6.88. The number of aryl methyl sites for hydroxylation is 1. The van der Waals surface area contributed by atoms with E-state index in [9.17, 15) is 4.79 Å². The van der Waals surface area contributed by atoms with Gasteiger partial charge in [-0.25, -0.2) is 4.98 Å². The van der Waals surface area contributed by atoms with Crippen LogP contribution in [-0.4, -0.2) is 85.4 Å². The van der Waals surface area contributed by atoms with Gasteiger partial charge in [-0.3, -0.25) is 20.0 Å². The van der Waals surface area contributed by atoms with Crippen molar-refractivity contribution in [3.63, 3.8) is 0 Å². The predicted molar refractivity (Wildman–Crippen MR) is 159 cm³/mol. The fourth-order valence-electron chi connectivity index (χ4n) is 4.56. The molecule has 210 valence electrons. The number of piperazine rings is 1. The number of nitrogens with zero attached hydrogens (tertiary/aromatic N) is 5. The number of pyridine rings is 1. The number of hydrogen-bond donors (Lipinski definition) is 4. The first-order valence-electron chi connectivity index (χ1n) is 13.5. The number of aromatic nitrogens is 3. The van der Waals surface area contributed by atoms with Crippen LogP contribution in [0.1, 0.15) is 10.5 Å². The normalized spacial score (nSPS) is 13.8. The lowest BCUT2D eigenvalue weighted by Gasteiger charge is -2.27. The number of fused-ring (bicyclic) bond motifs is 1. The van der Waals surface area contributed by atoms with Crippen LogP contribution in [0.5, 0.6) is 11.5 Å². The van der Waals surface area contributed by atoms with Crippen LogP contribution in [-0.2, 0) is 7.05 Å². The van der Waals surface area contributed by atoms with Crippen molar-refractivity contribution < 1.29 is 9.53 Å². The minimum Gasteiger partial charge on any atom is -0.457 e. The lowest BCUT2D eigenvalue weighted by molar-refractivity contribution is 0.0944. The Balaban J connectivity index is 1.17. The van der Waals surface area contributed by atoms with Crippen molar-refractivity contribution in [1.29, 1.82) is 0 Å². The molecule has 0 spiro atoms. The molecule has 11 nitrogen and oxygen atoms in total. The zero-order valence-corrected chi connectivity index (χ0v) is 23.3. The summed E-state index contributed by atoms with van der Waals surface area (Å²) >= 11 is 0. The quantitative estimate of drug-likeness (QED) is 0.168. The Bertz CT molecular complexity index is 1430. The number of benzene rings is 2. The molecule has 0 bridgehead atoms. The predicted octanol–water partition coefficient (Wildman–Crippen LogP) is 2.75. The summed E-state index contributed by atoms with van der Waals surface area (Å²) in [5.41, 5.74) is 4.15. The molecule has 0 radical (unpaired) electrons. The van der Waals surface area contributed by atoms with Crippen molar-refractivity contribution in [3.05, 3.63) is 66.5 Å².